The zero-order chi connectivity index (χ0) is 12.5. The summed E-state index contributed by atoms with van der Waals surface area (Å²) in [6.45, 7) is 2.88. The lowest BCUT2D eigenvalue weighted by atomic mass is 10.2. The Labute approximate surface area is 102 Å². The third kappa shape index (κ3) is 6.28. The lowest BCUT2D eigenvalue weighted by molar-refractivity contribution is -0.175. The molecule has 0 spiro atoms. The minimum Gasteiger partial charge on any atom is -0.438 e. The van der Waals surface area contributed by atoms with Gasteiger partial charge in [0.25, 0.3) is 0 Å². The molecule has 0 amide bonds. The molecule has 1 aliphatic rings. The summed E-state index contributed by atoms with van der Waals surface area (Å²) in [5.74, 6) is 0. The zero-order valence-corrected chi connectivity index (χ0v) is 10.4. The molecule has 5 heteroatoms. The first-order chi connectivity index (χ1) is 8.22. The second-order valence-corrected chi connectivity index (χ2v) is 3.83. The van der Waals surface area contributed by atoms with Crippen molar-refractivity contribution in [2.24, 2.45) is 0 Å². The molecule has 0 aromatic carbocycles. The van der Waals surface area contributed by atoms with Gasteiger partial charge in [-0.1, -0.05) is 6.08 Å². The van der Waals surface area contributed by atoms with Crippen LogP contribution in [0.4, 0.5) is 4.79 Å². The van der Waals surface area contributed by atoms with Crippen LogP contribution in [0.25, 0.3) is 0 Å². The van der Waals surface area contributed by atoms with Crippen LogP contribution in [0.1, 0.15) is 26.2 Å². The Balaban J connectivity index is 2.12. The van der Waals surface area contributed by atoms with Crippen LogP contribution in [0.2, 0.25) is 0 Å². The fraction of sp³-hybridized carbons (Fsp3) is 0.750. The monoisotopic (exact) mass is 244 g/mol. The van der Waals surface area contributed by atoms with E-state index in [1.54, 1.807) is 6.08 Å². The first-order valence-electron chi connectivity index (χ1n) is 5.87. The smallest absolute Gasteiger partial charge is 0.438 e. The third-order valence-electron chi connectivity index (χ3n) is 2.38. The number of hydrogen-bond acceptors (Lipinski definition) is 5. The van der Waals surface area contributed by atoms with E-state index in [0.29, 0.717) is 0 Å². The number of hydrogen-bond donors (Lipinski definition) is 0. The SMILES string of the molecule is COC(=O)OC/C=C/[C@H](C)OC1CCCCO1. The quantitative estimate of drug-likeness (QED) is 0.548. The van der Waals surface area contributed by atoms with Crippen LogP contribution < -0.4 is 0 Å². The van der Waals surface area contributed by atoms with Gasteiger partial charge in [-0.15, -0.1) is 0 Å². The summed E-state index contributed by atoms with van der Waals surface area (Å²) >= 11 is 0. The van der Waals surface area contributed by atoms with Gasteiger partial charge >= 0.3 is 6.16 Å². The van der Waals surface area contributed by atoms with Crippen molar-refractivity contribution in [2.75, 3.05) is 20.3 Å². The summed E-state index contributed by atoms with van der Waals surface area (Å²) in [7, 11) is 1.28. The van der Waals surface area contributed by atoms with E-state index in [1.165, 1.54) is 7.11 Å². The lowest BCUT2D eigenvalue weighted by Gasteiger charge is -2.24. The van der Waals surface area contributed by atoms with E-state index in [1.807, 2.05) is 13.0 Å². The van der Waals surface area contributed by atoms with Crippen molar-refractivity contribution < 1.29 is 23.7 Å². The number of rotatable bonds is 5. The molecule has 1 aliphatic heterocycles. The molecule has 1 fully saturated rings. The normalized spacial score (nSPS) is 22.4. The molecular weight excluding hydrogens is 224 g/mol. The summed E-state index contributed by atoms with van der Waals surface area (Å²) in [6, 6.07) is 0. The molecule has 0 aromatic heterocycles. The predicted octanol–water partition coefficient (Wildman–Crippen LogP) is 2.26. The summed E-state index contributed by atoms with van der Waals surface area (Å²) in [5.41, 5.74) is 0. The zero-order valence-electron chi connectivity index (χ0n) is 10.4. The predicted molar refractivity (Wildman–Crippen MR) is 61.6 cm³/mol. The van der Waals surface area contributed by atoms with E-state index in [4.69, 9.17) is 14.2 Å². The van der Waals surface area contributed by atoms with Gasteiger partial charge in [0.15, 0.2) is 6.29 Å². The minimum absolute atomic E-state index is 0.0562. The Morgan fingerprint density at radius 3 is 3.00 bits per heavy atom. The molecule has 0 radical (unpaired) electrons. The number of carbonyl (C=O) groups excluding carboxylic acids is 1. The lowest BCUT2D eigenvalue weighted by Crippen LogP contribution is -2.25. The highest BCUT2D eigenvalue weighted by Crippen LogP contribution is 2.15. The number of methoxy groups -OCH3 is 1. The van der Waals surface area contributed by atoms with Crippen molar-refractivity contribution in [3.63, 3.8) is 0 Å². The van der Waals surface area contributed by atoms with E-state index in [9.17, 15) is 4.79 Å². The van der Waals surface area contributed by atoms with Crippen molar-refractivity contribution in [1.82, 2.24) is 0 Å². The average Bonchev–Trinajstić information content (AvgIpc) is 2.35. The molecule has 2 atom stereocenters. The molecule has 0 N–H and O–H groups in total. The van der Waals surface area contributed by atoms with Crippen LogP contribution >= 0.6 is 0 Å². The van der Waals surface area contributed by atoms with E-state index in [2.05, 4.69) is 4.74 Å². The van der Waals surface area contributed by atoms with Crippen LogP contribution in [-0.2, 0) is 18.9 Å². The molecule has 1 unspecified atom stereocenters. The Morgan fingerprint density at radius 1 is 1.53 bits per heavy atom. The molecule has 0 aliphatic carbocycles. The van der Waals surface area contributed by atoms with E-state index < -0.39 is 6.16 Å². The van der Waals surface area contributed by atoms with Crippen LogP contribution in [0.15, 0.2) is 12.2 Å². The Bertz CT molecular complexity index is 245. The molecule has 1 heterocycles. The average molecular weight is 244 g/mol. The van der Waals surface area contributed by atoms with Crippen molar-refractivity contribution >= 4 is 6.16 Å². The Morgan fingerprint density at radius 2 is 2.35 bits per heavy atom. The molecular formula is C12H20O5. The second kappa shape index (κ2) is 8.08. The third-order valence-corrected chi connectivity index (χ3v) is 2.38. The molecule has 5 nitrogen and oxygen atoms in total. The van der Waals surface area contributed by atoms with Gasteiger partial charge in [0, 0.05) is 6.61 Å². The van der Waals surface area contributed by atoms with Gasteiger partial charge in [-0.2, -0.15) is 0 Å². The fourth-order valence-electron chi connectivity index (χ4n) is 1.53. The number of carbonyl (C=O) groups is 1. The van der Waals surface area contributed by atoms with Crippen molar-refractivity contribution in [1.29, 1.82) is 0 Å². The molecule has 1 saturated heterocycles. The molecule has 0 aromatic rings. The maximum Gasteiger partial charge on any atom is 0.508 e. The highest BCUT2D eigenvalue weighted by atomic mass is 16.7. The van der Waals surface area contributed by atoms with Gasteiger partial charge in [0.1, 0.15) is 6.61 Å². The van der Waals surface area contributed by atoms with E-state index >= 15 is 0 Å². The van der Waals surface area contributed by atoms with Crippen molar-refractivity contribution in [3.05, 3.63) is 12.2 Å². The highest BCUT2D eigenvalue weighted by Gasteiger charge is 2.15. The van der Waals surface area contributed by atoms with Crippen molar-refractivity contribution in [3.8, 4) is 0 Å². The Kier molecular flexibility index (Phi) is 6.65. The maximum atomic E-state index is 10.6. The largest absolute Gasteiger partial charge is 0.508 e. The van der Waals surface area contributed by atoms with Gasteiger partial charge in [-0.3, -0.25) is 0 Å². The van der Waals surface area contributed by atoms with E-state index in [-0.39, 0.29) is 19.0 Å². The standard InChI is InChI=1S/C12H20O5/c1-10(6-5-9-16-12(13)14-2)17-11-7-3-4-8-15-11/h5-6,10-11H,3-4,7-9H2,1-2H3/b6-5+/t10-,11?/m0/s1. The van der Waals surface area contributed by atoms with Crippen LogP contribution in [0.5, 0.6) is 0 Å². The molecule has 0 bridgehead atoms. The number of ether oxygens (including phenoxy) is 4. The van der Waals surface area contributed by atoms with Gasteiger partial charge in [-0.25, -0.2) is 4.79 Å². The second-order valence-electron chi connectivity index (χ2n) is 3.83. The first kappa shape index (κ1) is 14.0. The molecule has 0 saturated carbocycles. The van der Waals surface area contributed by atoms with Crippen LogP contribution in [-0.4, -0.2) is 38.9 Å². The maximum absolute atomic E-state index is 10.6. The summed E-state index contributed by atoms with van der Waals surface area (Å²) in [5, 5.41) is 0. The molecule has 1 rings (SSSR count). The van der Waals surface area contributed by atoms with Crippen LogP contribution in [0.3, 0.4) is 0 Å². The first-order valence-corrected chi connectivity index (χ1v) is 5.87. The Hall–Kier alpha value is -1.07. The summed E-state index contributed by atoms with van der Waals surface area (Å²) in [4.78, 5) is 10.6. The van der Waals surface area contributed by atoms with Gasteiger partial charge in [0.2, 0.25) is 0 Å². The minimum atomic E-state index is -0.682. The van der Waals surface area contributed by atoms with Gasteiger partial charge in [0.05, 0.1) is 13.2 Å². The van der Waals surface area contributed by atoms with Gasteiger partial charge in [-0.05, 0) is 32.3 Å². The van der Waals surface area contributed by atoms with Crippen LogP contribution in [0, 0.1) is 0 Å². The highest BCUT2D eigenvalue weighted by molar-refractivity contribution is 5.59. The molecule has 98 valence electrons. The van der Waals surface area contributed by atoms with Gasteiger partial charge < -0.3 is 18.9 Å². The fourth-order valence-corrected chi connectivity index (χ4v) is 1.53. The van der Waals surface area contributed by atoms with E-state index in [0.717, 1.165) is 25.9 Å². The summed E-state index contributed by atoms with van der Waals surface area (Å²) in [6.07, 6.45) is 5.91. The molecule has 17 heavy (non-hydrogen) atoms. The van der Waals surface area contributed by atoms with Crippen molar-refractivity contribution in [2.45, 2.75) is 38.6 Å². The summed E-state index contributed by atoms with van der Waals surface area (Å²) < 4.78 is 20.1. The topological polar surface area (TPSA) is 54.0 Å².